The van der Waals surface area contributed by atoms with E-state index >= 15 is 0 Å². The van der Waals surface area contributed by atoms with Crippen LogP contribution in [0.2, 0.25) is 0 Å². The van der Waals surface area contributed by atoms with Gasteiger partial charge in [-0.05, 0) is 13.8 Å². The Balaban J connectivity index is 2.04. The first-order valence-corrected chi connectivity index (χ1v) is 5.42. The lowest BCUT2D eigenvalue weighted by molar-refractivity contribution is -0.221. The van der Waals surface area contributed by atoms with Gasteiger partial charge in [0, 0.05) is 0 Å². The minimum Gasteiger partial charge on any atom is -0.394 e. The van der Waals surface area contributed by atoms with Crippen LogP contribution in [0.15, 0.2) is 12.7 Å². The van der Waals surface area contributed by atoms with Gasteiger partial charge < -0.3 is 24.1 Å². The molecule has 2 aliphatic rings. The van der Waals surface area contributed by atoms with Crippen molar-refractivity contribution in [1.82, 2.24) is 0 Å². The van der Waals surface area contributed by atoms with Gasteiger partial charge in [-0.2, -0.15) is 0 Å². The van der Waals surface area contributed by atoms with Crippen molar-refractivity contribution in [3.8, 4) is 0 Å². The van der Waals surface area contributed by atoms with Gasteiger partial charge in [-0.25, -0.2) is 0 Å². The molecule has 16 heavy (non-hydrogen) atoms. The van der Waals surface area contributed by atoms with Gasteiger partial charge >= 0.3 is 0 Å². The van der Waals surface area contributed by atoms with Crippen LogP contribution < -0.4 is 0 Å². The molecule has 0 unspecified atom stereocenters. The highest BCUT2D eigenvalue weighted by Crippen LogP contribution is 2.38. The summed E-state index contributed by atoms with van der Waals surface area (Å²) in [5.41, 5.74) is 0. The van der Waals surface area contributed by atoms with E-state index in [4.69, 9.17) is 18.9 Å². The number of hydrogen-bond donors (Lipinski definition) is 1. The molecule has 5 heteroatoms. The molecule has 2 saturated heterocycles. The summed E-state index contributed by atoms with van der Waals surface area (Å²) in [6.07, 6.45) is 0.206. The van der Waals surface area contributed by atoms with Crippen LogP contribution in [0.4, 0.5) is 0 Å². The van der Waals surface area contributed by atoms with Crippen molar-refractivity contribution in [3.05, 3.63) is 12.7 Å². The molecule has 2 aliphatic heterocycles. The minimum absolute atomic E-state index is 0.109. The summed E-state index contributed by atoms with van der Waals surface area (Å²) in [6, 6.07) is 0. The smallest absolute Gasteiger partial charge is 0.190 e. The third-order valence-corrected chi connectivity index (χ3v) is 2.67. The summed E-state index contributed by atoms with van der Waals surface area (Å²) in [5.74, 6) is -0.661. The third-order valence-electron chi connectivity index (χ3n) is 2.67. The normalized spacial score (nSPS) is 40.9. The van der Waals surface area contributed by atoms with Crippen LogP contribution in [0.25, 0.3) is 0 Å². The van der Waals surface area contributed by atoms with Gasteiger partial charge in [0.1, 0.15) is 18.3 Å². The molecule has 2 heterocycles. The van der Waals surface area contributed by atoms with Crippen LogP contribution in [-0.4, -0.2) is 48.7 Å². The number of aliphatic hydroxyl groups excluding tert-OH is 1. The van der Waals surface area contributed by atoms with Gasteiger partial charge in [-0.3, -0.25) is 0 Å². The maximum absolute atomic E-state index is 9.18. The molecular weight excluding hydrogens is 212 g/mol. The zero-order valence-corrected chi connectivity index (χ0v) is 9.59. The first kappa shape index (κ1) is 12.0. The highest BCUT2D eigenvalue weighted by Gasteiger charge is 2.55. The number of rotatable bonds is 4. The minimum atomic E-state index is -0.661. The van der Waals surface area contributed by atoms with E-state index in [1.54, 1.807) is 6.08 Å². The second-order valence-electron chi connectivity index (χ2n) is 4.41. The van der Waals surface area contributed by atoms with Gasteiger partial charge in [0.25, 0.3) is 0 Å². The Morgan fingerprint density at radius 3 is 2.81 bits per heavy atom. The van der Waals surface area contributed by atoms with Crippen molar-refractivity contribution in [2.45, 2.75) is 44.2 Å². The number of fused-ring (bicyclic) bond motifs is 1. The van der Waals surface area contributed by atoms with Crippen LogP contribution in [-0.2, 0) is 18.9 Å². The predicted octanol–water partition coefficient (Wildman–Crippen LogP) is 0.426. The molecule has 0 bridgehead atoms. The van der Waals surface area contributed by atoms with E-state index in [1.165, 1.54) is 0 Å². The average molecular weight is 230 g/mol. The van der Waals surface area contributed by atoms with Gasteiger partial charge in [0.15, 0.2) is 12.1 Å². The van der Waals surface area contributed by atoms with Crippen LogP contribution in [0, 0.1) is 0 Å². The van der Waals surface area contributed by atoms with Crippen molar-refractivity contribution in [2.75, 3.05) is 13.2 Å². The van der Waals surface area contributed by atoms with Crippen LogP contribution in [0.1, 0.15) is 13.8 Å². The average Bonchev–Trinajstić information content (AvgIpc) is 2.67. The molecule has 0 aromatic rings. The Morgan fingerprint density at radius 2 is 2.19 bits per heavy atom. The second-order valence-corrected chi connectivity index (χ2v) is 4.41. The highest BCUT2D eigenvalue weighted by molar-refractivity contribution is 4.94. The molecule has 0 amide bonds. The quantitative estimate of drug-likeness (QED) is 0.710. The van der Waals surface area contributed by atoms with Gasteiger partial charge in [0.05, 0.1) is 13.2 Å². The lowest BCUT2D eigenvalue weighted by Crippen LogP contribution is -2.38. The molecule has 0 aliphatic carbocycles. The van der Waals surface area contributed by atoms with Gasteiger partial charge in [-0.1, -0.05) is 6.08 Å². The van der Waals surface area contributed by atoms with Crippen LogP contribution in [0.3, 0.4) is 0 Å². The molecule has 2 fully saturated rings. The van der Waals surface area contributed by atoms with E-state index in [-0.39, 0.29) is 18.8 Å². The zero-order valence-electron chi connectivity index (χ0n) is 9.59. The summed E-state index contributed by atoms with van der Waals surface area (Å²) in [5, 5.41) is 9.18. The molecule has 0 saturated carbocycles. The SMILES string of the molecule is C=CCO[C@@H]1[C@H]2OC(C)(C)O[C@H]2O[C@@H]1CO. The Kier molecular flexibility index (Phi) is 3.32. The van der Waals surface area contributed by atoms with E-state index in [1.807, 2.05) is 13.8 Å². The van der Waals surface area contributed by atoms with E-state index in [9.17, 15) is 5.11 Å². The highest BCUT2D eigenvalue weighted by atomic mass is 16.8. The Bertz CT molecular complexity index is 265. The lowest BCUT2D eigenvalue weighted by atomic mass is 10.1. The predicted molar refractivity (Wildman–Crippen MR) is 55.7 cm³/mol. The molecule has 0 aromatic heterocycles. The Morgan fingerprint density at radius 1 is 1.44 bits per heavy atom. The topological polar surface area (TPSA) is 57.2 Å². The van der Waals surface area contributed by atoms with Crippen LogP contribution >= 0.6 is 0 Å². The summed E-state index contributed by atoms with van der Waals surface area (Å²) in [6.45, 7) is 7.53. The summed E-state index contributed by atoms with van der Waals surface area (Å²) < 4.78 is 22.3. The zero-order chi connectivity index (χ0) is 11.8. The largest absolute Gasteiger partial charge is 0.394 e. The molecule has 92 valence electrons. The Labute approximate surface area is 94.9 Å². The van der Waals surface area contributed by atoms with Gasteiger partial charge in [-0.15, -0.1) is 6.58 Å². The van der Waals surface area contributed by atoms with Crippen molar-refractivity contribution in [2.24, 2.45) is 0 Å². The lowest BCUT2D eigenvalue weighted by Gasteiger charge is -2.24. The molecule has 5 nitrogen and oxygen atoms in total. The van der Waals surface area contributed by atoms with Crippen molar-refractivity contribution in [3.63, 3.8) is 0 Å². The van der Waals surface area contributed by atoms with Crippen molar-refractivity contribution < 1.29 is 24.1 Å². The standard InChI is InChI=1S/C11H18O5/c1-4-5-13-8-7(6-12)14-10-9(8)15-11(2,3)16-10/h4,7-10,12H,1,5-6H2,2-3H3/t7-,8+,9-,10-/m1/s1. The molecule has 4 atom stereocenters. The number of ether oxygens (including phenoxy) is 4. The van der Waals surface area contributed by atoms with E-state index in [2.05, 4.69) is 6.58 Å². The molecule has 0 aromatic carbocycles. The fourth-order valence-corrected chi connectivity index (χ4v) is 2.07. The fraction of sp³-hybridized carbons (Fsp3) is 0.818. The summed E-state index contributed by atoms with van der Waals surface area (Å²) in [4.78, 5) is 0. The number of aliphatic hydroxyl groups is 1. The van der Waals surface area contributed by atoms with Crippen molar-refractivity contribution >= 4 is 0 Å². The van der Waals surface area contributed by atoms with Crippen LogP contribution in [0.5, 0.6) is 0 Å². The fourth-order valence-electron chi connectivity index (χ4n) is 2.07. The third kappa shape index (κ3) is 2.14. The summed E-state index contributed by atoms with van der Waals surface area (Å²) >= 11 is 0. The van der Waals surface area contributed by atoms with E-state index < -0.39 is 18.2 Å². The first-order chi connectivity index (χ1) is 7.57. The number of hydrogen-bond acceptors (Lipinski definition) is 5. The molecular formula is C11H18O5. The molecule has 0 radical (unpaired) electrons. The van der Waals surface area contributed by atoms with E-state index in [0.29, 0.717) is 6.61 Å². The van der Waals surface area contributed by atoms with Gasteiger partial charge in [0.2, 0.25) is 0 Å². The summed E-state index contributed by atoms with van der Waals surface area (Å²) in [7, 11) is 0. The molecule has 1 N–H and O–H groups in total. The maximum Gasteiger partial charge on any atom is 0.190 e. The monoisotopic (exact) mass is 230 g/mol. The molecule has 0 spiro atoms. The molecule has 2 rings (SSSR count). The maximum atomic E-state index is 9.18. The Hall–Kier alpha value is -0.460. The van der Waals surface area contributed by atoms with E-state index in [0.717, 1.165) is 0 Å². The second kappa shape index (κ2) is 4.43. The van der Waals surface area contributed by atoms with Crippen molar-refractivity contribution in [1.29, 1.82) is 0 Å². The first-order valence-electron chi connectivity index (χ1n) is 5.42.